The van der Waals surface area contributed by atoms with Crippen LogP contribution < -0.4 is 0 Å². The molecule has 1 aliphatic carbocycles. The van der Waals surface area contributed by atoms with E-state index in [0.29, 0.717) is 12.2 Å². The molecule has 0 spiro atoms. The lowest BCUT2D eigenvalue weighted by molar-refractivity contribution is 0.357. The average Bonchev–Trinajstić information content (AvgIpc) is 3.32. The molecule has 0 N–H and O–H groups in total. The molecule has 1 saturated heterocycles. The van der Waals surface area contributed by atoms with E-state index in [2.05, 4.69) is 60.7 Å². The van der Waals surface area contributed by atoms with E-state index in [1.165, 1.54) is 17.5 Å². The number of hydrogen-bond donors (Lipinski definition) is 0. The molecule has 2 aliphatic rings. The van der Waals surface area contributed by atoms with Crippen LogP contribution >= 0.6 is 0 Å². The van der Waals surface area contributed by atoms with Crippen molar-refractivity contribution in [3.8, 4) is 0 Å². The highest BCUT2D eigenvalue weighted by molar-refractivity contribution is 5.30. The maximum absolute atomic E-state index is 5.88. The molecule has 2 aromatic carbocycles. The van der Waals surface area contributed by atoms with Crippen LogP contribution in [0, 0.1) is 5.92 Å². The van der Waals surface area contributed by atoms with E-state index in [0.717, 1.165) is 11.8 Å². The van der Waals surface area contributed by atoms with Crippen molar-refractivity contribution in [2.75, 3.05) is 0 Å². The molecule has 0 bridgehead atoms. The van der Waals surface area contributed by atoms with Gasteiger partial charge in [-0.1, -0.05) is 60.7 Å². The van der Waals surface area contributed by atoms with Crippen molar-refractivity contribution in [3.05, 3.63) is 71.8 Å². The molecule has 1 heteroatoms. The van der Waals surface area contributed by atoms with Crippen LogP contribution in [-0.4, -0.2) is 6.10 Å². The molecule has 0 radical (unpaired) electrons. The molecule has 1 saturated carbocycles. The van der Waals surface area contributed by atoms with Crippen LogP contribution in [0.4, 0.5) is 0 Å². The highest BCUT2D eigenvalue weighted by Gasteiger charge is 2.56. The zero-order valence-corrected chi connectivity index (χ0v) is 10.2. The number of rotatable bonds is 3. The van der Waals surface area contributed by atoms with Crippen LogP contribution in [0.5, 0.6) is 0 Å². The molecule has 18 heavy (non-hydrogen) atoms. The summed E-state index contributed by atoms with van der Waals surface area (Å²) in [5, 5.41) is 0. The predicted octanol–water partition coefficient (Wildman–Crippen LogP) is 3.93. The Bertz CT molecular complexity index is 483. The largest absolute Gasteiger partial charge is 0.364 e. The summed E-state index contributed by atoms with van der Waals surface area (Å²) in [5.74, 6) is 1.46. The lowest BCUT2D eigenvalue weighted by Gasteiger charge is -1.98. The van der Waals surface area contributed by atoms with Crippen molar-refractivity contribution in [2.45, 2.75) is 24.5 Å². The molecule has 2 aromatic rings. The SMILES string of the molecule is c1ccc(C2CC2C2OC2c2ccccc2)cc1. The summed E-state index contributed by atoms with van der Waals surface area (Å²) in [6, 6.07) is 21.4. The Hall–Kier alpha value is -1.60. The van der Waals surface area contributed by atoms with Crippen LogP contribution in [0.15, 0.2) is 60.7 Å². The molecular formula is C17H16O. The number of ether oxygens (including phenoxy) is 1. The maximum Gasteiger partial charge on any atom is 0.109 e. The van der Waals surface area contributed by atoms with Gasteiger partial charge in [0.1, 0.15) is 6.10 Å². The minimum absolute atomic E-state index is 0.352. The topological polar surface area (TPSA) is 12.5 Å². The van der Waals surface area contributed by atoms with Crippen molar-refractivity contribution in [3.63, 3.8) is 0 Å². The first kappa shape index (κ1) is 10.3. The van der Waals surface area contributed by atoms with Crippen molar-refractivity contribution in [1.29, 1.82) is 0 Å². The summed E-state index contributed by atoms with van der Waals surface area (Å²) >= 11 is 0. The molecule has 4 atom stereocenters. The zero-order chi connectivity index (χ0) is 11.9. The Morgan fingerprint density at radius 2 is 1.39 bits per heavy atom. The third-order valence-electron chi connectivity index (χ3n) is 4.14. The van der Waals surface area contributed by atoms with Crippen molar-refractivity contribution in [2.24, 2.45) is 5.92 Å². The summed E-state index contributed by atoms with van der Waals surface area (Å²) in [7, 11) is 0. The second kappa shape index (κ2) is 3.96. The van der Waals surface area contributed by atoms with Gasteiger partial charge >= 0.3 is 0 Å². The van der Waals surface area contributed by atoms with Gasteiger partial charge in [0.15, 0.2) is 0 Å². The zero-order valence-electron chi connectivity index (χ0n) is 10.2. The van der Waals surface area contributed by atoms with Gasteiger partial charge in [-0.05, 0) is 29.4 Å². The third-order valence-corrected chi connectivity index (χ3v) is 4.14. The monoisotopic (exact) mass is 236 g/mol. The molecule has 4 rings (SSSR count). The average molecular weight is 236 g/mol. The van der Waals surface area contributed by atoms with E-state index < -0.39 is 0 Å². The molecule has 1 aliphatic heterocycles. The predicted molar refractivity (Wildman–Crippen MR) is 71.3 cm³/mol. The van der Waals surface area contributed by atoms with Gasteiger partial charge in [0.2, 0.25) is 0 Å². The van der Waals surface area contributed by atoms with Crippen molar-refractivity contribution in [1.82, 2.24) is 0 Å². The van der Waals surface area contributed by atoms with Crippen LogP contribution in [0.2, 0.25) is 0 Å². The molecule has 0 amide bonds. The first-order valence-corrected chi connectivity index (χ1v) is 6.69. The van der Waals surface area contributed by atoms with Gasteiger partial charge in [-0.15, -0.1) is 0 Å². The Morgan fingerprint density at radius 1 is 0.778 bits per heavy atom. The van der Waals surface area contributed by atoms with E-state index in [-0.39, 0.29) is 0 Å². The van der Waals surface area contributed by atoms with Gasteiger partial charge in [0.25, 0.3) is 0 Å². The van der Waals surface area contributed by atoms with E-state index in [1.54, 1.807) is 0 Å². The summed E-state index contributed by atoms with van der Waals surface area (Å²) in [5.41, 5.74) is 2.81. The Balaban J connectivity index is 1.44. The quantitative estimate of drug-likeness (QED) is 0.736. The lowest BCUT2D eigenvalue weighted by Crippen LogP contribution is -1.94. The van der Waals surface area contributed by atoms with Crippen LogP contribution in [0.1, 0.15) is 29.6 Å². The van der Waals surface area contributed by atoms with Crippen LogP contribution in [0.25, 0.3) is 0 Å². The molecule has 0 aromatic heterocycles. The van der Waals surface area contributed by atoms with Gasteiger partial charge in [-0.3, -0.25) is 0 Å². The fourth-order valence-electron chi connectivity index (χ4n) is 3.02. The molecule has 2 fully saturated rings. The Labute approximate surface area is 107 Å². The molecule has 1 nitrogen and oxygen atoms in total. The first-order chi connectivity index (χ1) is 8.93. The van der Waals surface area contributed by atoms with E-state index in [4.69, 9.17) is 4.74 Å². The van der Waals surface area contributed by atoms with Crippen LogP contribution in [-0.2, 0) is 4.74 Å². The van der Waals surface area contributed by atoms with Crippen molar-refractivity contribution < 1.29 is 4.74 Å². The van der Waals surface area contributed by atoms with Gasteiger partial charge in [0.05, 0.1) is 6.10 Å². The second-order valence-corrected chi connectivity index (χ2v) is 5.35. The lowest BCUT2D eigenvalue weighted by atomic mass is 10.0. The fraction of sp³-hybridized carbons (Fsp3) is 0.294. The minimum Gasteiger partial charge on any atom is -0.364 e. The van der Waals surface area contributed by atoms with E-state index in [1.807, 2.05) is 0 Å². The Kier molecular flexibility index (Phi) is 2.27. The number of hydrogen-bond acceptors (Lipinski definition) is 1. The summed E-state index contributed by atoms with van der Waals surface area (Å²) in [6.45, 7) is 0. The molecular weight excluding hydrogens is 220 g/mol. The van der Waals surface area contributed by atoms with Gasteiger partial charge in [0, 0.05) is 0 Å². The normalized spacial score (nSPS) is 33.1. The summed E-state index contributed by atoms with van der Waals surface area (Å²) in [6.07, 6.45) is 2.10. The molecule has 4 unspecified atom stereocenters. The molecule has 90 valence electrons. The number of benzene rings is 2. The second-order valence-electron chi connectivity index (χ2n) is 5.35. The number of epoxide rings is 1. The standard InChI is InChI=1S/C17H16O/c1-3-7-12(8-4-1)14-11-15(14)17-16(18-17)13-9-5-2-6-10-13/h1-10,14-17H,11H2. The Morgan fingerprint density at radius 3 is 2.06 bits per heavy atom. The first-order valence-electron chi connectivity index (χ1n) is 6.69. The summed E-state index contributed by atoms with van der Waals surface area (Å²) in [4.78, 5) is 0. The van der Waals surface area contributed by atoms with Crippen molar-refractivity contribution >= 4 is 0 Å². The third kappa shape index (κ3) is 1.75. The fourth-order valence-corrected chi connectivity index (χ4v) is 3.02. The van der Waals surface area contributed by atoms with Gasteiger partial charge in [-0.25, -0.2) is 0 Å². The highest BCUT2D eigenvalue weighted by Crippen LogP contribution is 2.59. The van der Waals surface area contributed by atoms with Gasteiger partial charge in [-0.2, -0.15) is 0 Å². The van der Waals surface area contributed by atoms with Crippen LogP contribution in [0.3, 0.4) is 0 Å². The smallest absolute Gasteiger partial charge is 0.109 e. The highest BCUT2D eigenvalue weighted by atomic mass is 16.6. The van der Waals surface area contributed by atoms with E-state index >= 15 is 0 Å². The summed E-state index contributed by atoms with van der Waals surface area (Å²) < 4.78 is 5.88. The van der Waals surface area contributed by atoms with E-state index in [9.17, 15) is 0 Å². The maximum atomic E-state index is 5.88. The minimum atomic E-state index is 0.352. The molecule has 1 heterocycles. The van der Waals surface area contributed by atoms with Gasteiger partial charge < -0.3 is 4.74 Å².